The maximum Gasteiger partial charge on any atom is 0.266 e. The average Bonchev–Trinajstić information content (AvgIpc) is 2.46. The van der Waals surface area contributed by atoms with E-state index in [0.717, 1.165) is 5.56 Å². The SMILES string of the molecule is CCOC(C)(/N=C/c1cccc2ccccc12)OCC. The molecule has 0 aliphatic carbocycles. The van der Waals surface area contributed by atoms with Crippen LogP contribution in [0.4, 0.5) is 0 Å². The van der Waals surface area contributed by atoms with E-state index in [-0.39, 0.29) is 0 Å². The molecular weight excluding hydrogens is 250 g/mol. The van der Waals surface area contributed by atoms with Crippen LogP contribution in [0.1, 0.15) is 26.3 Å². The van der Waals surface area contributed by atoms with Gasteiger partial charge in [0, 0.05) is 31.9 Å². The maximum atomic E-state index is 5.58. The van der Waals surface area contributed by atoms with Gasteiger partial charge in [-0.25, -0.2) is 4.99 Å². The quantitative estimate of drug-likeness (QED) is 0.587. The second-order valence-electron chi connectivity index (χ2n) is 4.59. The number of hydrogen-bond donors (Lipinski definition) is 0. The molecule has 0 fully saturated rings. The third-order valence-electron chi connectivity index (χ3n) is 3.09. The fourth-order valence-corrected chi connectivity index (χ4v) is 2.20. The van der Waals surface area contributed by atoms with Crippen molar-refractivity contribution in [1.82, 2.24) is 0 Å². The fraction of sp³-hybridized carbons (Fsp3) is 0.353. The fourth-order valence-electron chi connectivity index (χ4n) is 2.20. The van der Waals surface area contributed by atoms with Crippen LogP contribution in [0.3, 0.4) is 0 Å². The van der Waals surface area contributed by atoms with E-state index >= 15 is 0 Å². The van der Waals surface area contributed by atoms with E-state index in [1.807, 2.05) is 51.3 Å². The van der Waals surface area contributed by atoms with E-state index in [2.05, 4.69) is 23.2 Å². The molecule has 0 amide bonds. The first-order chi connectivity index (χ1) is 9.68. The van der Waals surface area contributed by atoms with Gasteiger partial charge < -0.3 is 9.47 Å². The molecule has 2 aromatic rings. The molecule has 3 nitrogen and oxygen atoms in total. The molecule has 0 aliphatic heterocycles. The van der Waals surface area contributed by atoms with Gasteiger partial charge in [-0.3, -0.25) is 0 Å². The summed E-state index contributed by atoms with van der Waals surface area (Å²) in [5.41, 5.74) is 1.06. The lowest BCUT2D eigenvalue weighted by atomic mass is 10.1. The zero-order chi connectivity index (χ0) is 14.4. The van der Waals surface area contributed by atoms with Crippen LogP contribution in [0.15, 0.2) is 47.5 Å². The monoisotopic (exact) mass is 271 g/mol. The van der Waals surface area contributed by atoms with Crippen molar-refractivity contribution in [3.63, 3.8) is 0 Å². The minimum Gasteiger partial charge on any atom is -0.332 e. The van der Waals surface area contributed by atoms with Crippen molar-refractivity contribution in [3.05, 3.63) is 48.0 Å². The lowest BCUT2D eigenvalue weighted by Crippen LogP contribution is -2.30. The summed E-state index contributed by atoms with van der Waals surface area (Å²) in [6.45, 7) is 6.82. The molecule has 20 heavy (non-hydrogen) atoms. The van der Waals surface area contributed by atoms with Gasteiger partial charge in [0.15, 0.2) is 0 Å². The lowest BCUT2D eigenvalue weighted by Gasteiger charge is -2.24. The number of ether oxygens (including phenoxy) is 2. The number of hydrogen-bond acceptors (Lipinski definition) is 3. The van der Waals surface area contributed by atoms with E-state index < -0.39 is 5.91 Å². The molecule has 0 atom stereocenters. The van der Waals surface area contributed by atoms with Crippen LogP contribution in [-0.2, 0) is 9.47 Å². The Morgan fingerprint density at radius 2 is 1.65 bits per heavy atom. The maximum absolute atomic E-state index is 5.58. The first-order valence-corrected chi connectivity index (χ1v) is 6.99. The molecule has 0 bridgehead atoms. The molecule has 2 aromatic carbocycles. The second-order valence-corrected chi connectivity index (χ2v) is 4.59. The van der Waals surface area contributed by atoms with Gasteiger partial charge in [-0.05, 0) is 24.6 Å². The Hall–Kier alpha value is -1.71. The van der Waals surface area contributed by atoms with Crippen molar-refractivity contribution in [2.24, 2.45) is 4.99 Å². The standard InChI is InChI=1S/C17H21NO2/c1-4-19-17(3,20-5-2)18-13-15-11-8-10-14-9-6-7-12-16(14)15/h6-13H,4-5H2,1-3H3/b18-13+. The second kappa shape index (κ2) is 6.64. The van der Waals surface area contributed by atoms with Gasteiger partial charge in [0.2, 0.25) is 0 Å². The topological polar surface area (TPSA) is 30.8 Å². The van der Waals surface area contributed by atoms with E-state index in [9.17, 15) is 0 Å². The summed E-state index contributed by atoms with van der Waals surface area (Å²) < 4.78 is 11.2. The minimum absolute atomic E-state index is 0.559. The third kappa shape index (κ3) is 3.44. The largest absolute Gasteiger partial charge is 0.332 e. The molecule has 0 saturated carbocycles. The highest BCUT2D eigenvalue weighted by molar-refractivity contribution is 5.99. The van der Waals surface area contributed by atoms with Crippen molar-refractivity contribution in [3.8, 4) is 0 Å². The van der Waals surface area contributed by atoms with E-state index in [1.54, 1.807) is 0 Å². The molecule has 3 heteroatoms. The van der Waals surface area contributed by atoms with E-state index in [0.29, 0.717) is 13.2 Å². The summed E-state index contributed by atoms with van der Waals surface area (Å²) >= 11 is 0. The van der Waals surface area contributed by atoms with Crippen molar-refractivity contribution in [2.75, 3.05) is 13.2 Å². The Labute approximate surface area is 120 Å². The molecule has 0 unspecified atom stereocenters. The number of benzene rings is 2. The third-order valence-corrected chi connectivity index (χ3v) is 3.09. The average molecular weight is 271 g/mol. The Bertz CT molecular complexity index is 581. The van der Waals surface area contributed by atoms with Crippen LogP contribution in [0.25, 0.3) is 10.8 Å². The van der Waals surface area contributed by atoms with Gasteiger partial charge in [-0.2, -0.15) is 0 Å². The number of fused-ring (bicyclic) bond motifs is 1. The molecule has 0 aliphatic rings. The Balaban J connectivity index is 2.32. The molecule has 0 radical (unpaired) electrons. The van der Waals surface area contributed by atoms with Crippen molar-refractivity contribution in [1.29, 1.82) is 0 Å². The van der Waals surface area contributed by atoms with Gasteiger partial charge in [-0.1, -0.05) is 42.5 Å². The lowest BCUT2D eigenvalue weighted by molar-refractivity contribution is -0.214. The highest BCUT2D eigenvalue weighted by atomic mass is 16.7. The van der Waals surface area contributed by atoms with Crippen LogP contribution in [0, 0.1) is 0 Å². The Kier molecular flexibility index (Phi) is 4.88. The van der Waals surface area contributed by atoms with Crippen LogP contribution in [0.2, 0.25) is 0 Å². The van der Waals surface area contributed by atoms with Gasteiger partial charge in [0.05, 0.1) is 0 Å². The Morgan fingerprint density at radius 1 is 1.00 bits per heavy atom. The highest BCUT2D eigenvalue weighted by Gasteiger charge is 2.22. The number of nitrogens with zero attached hydrogens (tertiary/aromatic N) is 1. The summed E-state index contributed by atoms with van der Waals surface area (Å²) in [7, 11) is 0. The van der Waals surface area contributed by atoms with Crippen molar-refractivity contribution in [2.45, 2.75) is 26.7 Å². The predicted octanol–water partition coefficient (Wildman–Crippen LogP) is 4.01. The van der Waals surface area contributed by atoms with Crippen molar-refractivity contribution < 1.29 is 9.47 Å². The normalized spacial score (nSPS) is 12.3. The zero-order valence-corrected chi connectivity index (χ0v) is 12.3. The summed E-state index contributed by atoms with van der Waals surface area (Å²) in [6.07, 6.45) is 1.83. The summed E-state index contributed by atoms with van der Waals surface area (Å²) in [6, 6.07) is 14.4. The van der Waals surface area contributed by atoms with E-state index in [1.165, 1.54) is 10.8 Å². The first kappa shape index (κ1) is 14.7. The molecular formula is C17H21NO2. The summed E-state index contributed by atoms with van der Waals surface area (Å²) in [5, 5.41) is 2.38. The highest BCUT2D eigenvalue weighted by Crippen LogP contribution is 2.19. The van der Waals surface area contributed by atoms with Crippen LogP contribution >= 0.6 is 0 Å². The van der Waals surface area contributed by atoms with Gasteiger partial charge in [0.1, 0.15) is 0 Å². The molecule has 0 aromatic heterocycles. The van der Waals surface area contributed by atoms with Crippen LogP contribution in [0.5, 0.6) is 0 Å². The molecule has 106 valence electrons. The van der Waals surface area contributed by atoms with Gasteiger partial charge in [0.25, 0.3) is 5.91 Å². The number of rotatable bonds is 6. The smallest absolute Gasteiger partial charge is 0.266 e. The van der Waals surface area contributed by atoms with Crippen LogP contribution < -0.4 is 0 Å². The number of aliphatic imine (C=N–C) groups is 1. The molecule has 2 rings (SSSR count). The Morgan fingerprint density at radius 3 is 2.35 bits per heavy atom. The van der Waals surface area contributed by atoms with E-state index in [4.69, 9.17) is 9.47 Å². The molecule has 0 heterocycles. The summed E-state index contributed by atoms with van der Waals surface area (Å²) in [5.74, 6) is -0.916. The predicted molar refractivity (Wildman–Crippen MR) is 83.2 cm³/mol. The zero-order valence-electron chi connectivity index (χ0n) is 12.3. The van der Waals surface area contributed by atoms with Crippen LogP contribution in [-0.4, -0.2) is 25.3 Å². The van der Waals surface area contributed by atoms with Crippen molar-refractivity contribution >= 4 is 17.0 Å². The molecule has 0 spiro atoms. The van der Waals surface area contributed by atoms with Gasteiger partial charge >= 0.3 is 0 Å². The molecule has 0 N–H and O–H groups in total. The van der Waals surface area contributed by atoms with Gasteiger partial charge in [-0.15, -0.1) is 0 Å². The minimum atomic E-state index is -0.916. The summed E-state index contributed by atoms with van der Waals surface area (Å²) in [4.78, 5) is 4.49. The first-order valence-electron chi connectivity index (χ1n) is 6.99. The molecule has 0 saturated heterocycles.